The second-order valence-corrected chi connectivity index (χ2v) is 14.2. The molecule has 7 heteroatoms. The van der Waals surface area contributed by atoms with E-state index >= 15 is 0 Å². The Labute approximate surface area is 132 Å². The van der Waals surface area contributed by atoms with Crippen LogP contribution in [-0.2, 0) is 18.9 Å². The summed E-state index contributed by atoms with van der Waals surface area (Å²) in [7, 11) is -2.44. The molecule has 2 rings (SSSR count). The average Bonchev–Trinajstić information content (AvgIpc) is 2.66. The Hall–Kier alpha value is 0.307. The van der Waals surface area contributed by atoms with Crippen molar-refractivity contribution in [2.75, 3.05) is 6.61 Å². The molecule has 2 fully saturated rings. The maximum atomic E-state index is 10.6. The molecule has 2 aliphatic heterocycles. The highest BCUT2D eigenvalue weighted by atomic mass is 35.6. The van der Waals surface area contributed by atoms with E-state index in [1.165, 1.54) is 0 Å². The lowest BCUT2D eigenvalue weighted by Crippen LogP contribution is -2.57. The SMILES string of the molecule is CC(C)(C)OC[C@H]1O[C@]2([Si](C)(C)Cl)OC(C)(C)O[C@@H]2[C@H]1O. The molecule has 0 amide bonds. The molecule has 0 saturated carbocycles. The normalized spacial score (nSPS) is 39.6. The number of aliphatic hydroxyl groups is 1. The molecule has 0 radical (unpaired) electrons. The minimum atomic E-state index is -2.44. The van der Waals surface area contributed by atoms with Crippen molar-refractivity contribution in [1.82, 2.24) is 0 Å². The van der Waals surface area contributed by atoms with E-state index in [0.717, 1.165) is 0 Å². The largest absolute Gasteiger partial charge is 0.387 e. The van der Waals surface area contributed by atoms with Gasteiger partial charge >= 0.3 is 0 Å². The summed E-state index contributed by atoms with van der Waals surface area (Å²) in [6.45, 7) is 13.6. The third-order valence-corrected chi connectivity index (χ3v) is 6.66. The van der Waals surface area contributed by atoms with E-state index in [1.807, 2.05) is 33.9 Å². The molecule has 124 valence electrons. The molecule has 4 atom stereocenters. The molecule has 0 unspecified atom stereocenters. The number of fused-ring (bicyclic) bond motifs is 1. The molecular weight excluding hydrogens is 312 g/mol. The van der Waals surface area contributed by atoms with Crippen molar-refractivity contribution in [3.05, 3.63) is 0 Å². The second-order valence-electron chi connectivity index (χ2n) is 7.75. The standard InChI is InChI=1S/C14H27ClO5Si/c1-12(2,3)17-8-9-10(16)11-14(18-9,21(6,7)15)20-13(4,5)19-11/h9-11,16H,8H2,1-7H3/t9-,10+,11-,14+/m1/s1. The van der Waals surface area contributed by atoms with Gasteiger partial charge in [-0.05, 0) is 34.6 Å². The summed E-state index contributed by atoms with van der Waals surface area (Å²) in [4.78, 5) is 0. The summed E-state index contributed by atoms with van der Waals surface area (Å²) in [5.74, 6) is -0.819. The lowest BCUT2D eigenvalue weighted by molar-refractivity contribution is -0.241. The third kappa shape index (κ3) is 3.32. The third-order valence-electron chi connectivity index (χ3n) is 3.71. The molecule has 0 aromatic heterocycles. The van der Waals surface area contributed by atoms with Crippen LogP contribution in [0, 0.1) is 0 Å². The van der Waals surface area contributed by atoms with Gasteiger partial charge in [0.25, 0.3) is 0 Å². The van der Waals surface area contributed by atoms with Gasteiger partial charge in [-0.2, -0.15) is 11.1 Å². The zero-order chi connectivity index (χ0) is 16.3. The van der Waals surface area contributed by atoms with Crippen LogP contribution in [0.15, 0.2) is 0 Å². The van der Waals surface area contributed by atoms with Gasteiger partial charge in [0.1, 0.15) is 18.3 Å². The van der Waals surface area contributed by atoms with Crippen LogP contribution in [0.1, 0.15) is 34.6 Å². The van der Waals surface area contributed by atoms with Crippen molar-refractivity contribution in [1.29, 1.82) is 0 Å². The minimum absolute atomic E-state index is 0.275. The topological polar surface area (TPSA) is 57.2 Å². The van der Waals surface area contributed by atoms with E-state index in [0.29, 0.717) is 0 Å². The molecule has 0 aliphatic carbocycles. The van der Waals surface area contributed by atoms with E-state index in [1.54, 1.807) is 13.8 Å². The van der Waals surface area contributed by atoms with E-state index < -0.39 is 36.9 Å². The summed E-state index contributed by atoms with van der Waals surface area (Å²) in [5.41, 5.74) is -1.35. The highest BCUT2D eigenvalue weighted by molar-refractivity contribution is 7.20. The van der Waals surface area contributed by atoms with Gasteiger partial charge < -0.3 is 24.1 Å². The molecule has 0 aromatic carbocycles. The fourth-order valence-corrected chi connectivity index (χ4v) is 5.17. The van der Waals surface area contributed by atoms with Gasteiger partial charge in [0.2, 0.25) is 7.38 Å². The second kappa shape index (κ2) is 5.16. The number of rotatable bonds is 3. The predicted octanol–water partition coefficient (Wildman–Crippen LogP) is 2.39. The van der Waals surface area contributed by atoms with Crippen LogP contribution in [-0.4, -0.2) is 54.2 Å². The zero-order valence-corrected chi connectivity index (χ0v) is 15.7. The first-order valence-corrected chi connectivity index (χ1v) is 11.4. The van der Waals surface area contributed by atoms with Crippen LogP contribution in [0.2, 0.25) is 13.1 Å². The Kier molecular flexibility index (Phi) is 4.34. The van der Waals surface area contributed by atoms with Gasteiger partial charge in [0.05, 0.1) is 12.2 Å². The van der Waals surface area contributed by atoms with Crippen LogP contribution in [0.4, 0.5) is 0 Å². The fraction of sp³-hybridized carbons (Fsp3) is 1.00. The molecule has 2 heterocycles. The van der Waals surface area contributed by atoms with Crippen molar-refractivity contribution in [3.8, 4) is 0 Å². The van der Waals surface area contributed by atoms with Crippen molar-refractivity contribution < 1.29 is 24.1 Å². The Morgan fingerprint density at radius 2 is 1.81 bits per heavy atom. The van der Waals surface area contributed by atoms with Gasteiger partial charge in [-0.15, -0.1) is 0 Å². The maximum absolute atomic E-state index is 10.6. The van der Waals surface area contributed by atoms with Gasteiger partial charge in [-0.25, -0.2) is 0 Å². The number of ether oxygens (including phenoxy) is 4. The smallest absolute Gasteiger partial charge is 0.221 e. The molecular formula is C14H27ClO5Si. The number of hydrogen-bond acceptors (Lipinski definition) is 5. The Balaban J connectivity index is 2.21. The van der Waals surface area contributed by atoms with Crippen molar-refractivity contribution in [2.45, 2.75) is 82.8 Å². The van der Waals surface area contributed by atoms with Gasteiger partial charge in [-0.3, -0.25) is 0 Å². The van der Waals surface area contributed by atoms with Crippen molar-refractivity contribution >= 4 is 18.5 Å². The fourth-order valence-electron chi connectivity index (χ4n) is 2.77. The summed E-state index contributed by atoms with van der Waals surface area (Å²) >= 11 is 6.64. The highest BCUT2D eigenvalue weighted by Gasteiger charge is 2.71. The lowest BCUT2D eigenvalue weighted by atomic mass is 10.1. The van der Waals surface area contributed by atoms with E-state index in [4.69, 9.17) is 30.0 Å². The van der Waals surface area contributed by atoms with E-state index in [-0.39, 0.29) is 12.2 Å². The molecule has 0 spiro atoms. The quantitative estimate of drug-likeness (QED) is 0.632. The maximum Gasteiger partial charge on any atom is 0.221 e. The summed E-state index contributed by atoms with van der Waals surface area (Å²) in [6, 6.07) is 0. The molecule has 0 aromatic rings. The molecule has 5 nitrogen and oxygen atoms in total. The first-order valence-electron chi connectivity index (χ1n) is 7.34. The zero-order valence-electron chi connectivity index (χ0n) is 13.9. The van der Waals surface area contributed by atoms with Crippen molar-refractivity contribution in [2.24, 2.45) is 0 Å². The van der Waals surface area contributed by atoms with Crippen LogP contribution < -0.4 is 0 Å². The van der Waals surface area contributed by atoms with Crippen molar-refractivity contribution in [3.63, 3.8) is 0 Å². The number of hydrogen-bond donors (Lipinski definition) is 1. The summed E-state index contributed by atoms with van der Waals surface area (Å²) in [5, 5.41) is 10.6. The van der Waals surface area contributed by atoms with Gasteiger partial charge in [0, 0.05) is 0 Å². The molecule has 2 saturated heterocycles. The van der Waals surface area contributed by atoms with E-state index in [2.05, 4.69) is 0 Å². The lowest BCUT2D eigenvalue weighted by Gasteiger charge is -2.36. The Morgan fingerprint density at radius 1 is 1.24 bits per heavy atom. The monoisotopic (exact) mass is 338 g/mol. The van der Waals surface area contributed by atoms with Gasteiger partial charge in [0.15, 0.2) is 11.2 Å². The molecule has 2 aliphatic rings. The minimum Gasteiger partial charge on any atom is -0.387 e. The Morgan fingerprint density at radius 3 is 2.24 bits per heavy atom. The molecule has 1 N–H and O–H groups in total. The number of aliphatic hydroxyl groups excluding tert-OH is 1. The van der Waals surface area contributed by atoms with Gasteiger partial charge in [-0.1, -0.05) is 13.1 Å². The summed E-state index contributed by atoms with van der Waals surface area (Å²) < 4.78 is 23.7. The molecule has 0 bridgehead atoms. The highest BCUT2D eigenvalue weighted by Crippen LogP contribution is 2.51. The first kappa shape index (κ1) is 17.7. The Bertz CT molecular complexity index is 403. The van der Waals surface area contributed by atoms with Crippen LogP contribution in [0.3, 0.4) is 0 Å². The predicted molar refractivity (Wildman–Crippen MR) is 82.7 cm³/mol. The average molecular weight is 339 g/mol. The summed E-state index contributed by atoms with van der Waals surface area (Å²) in [6.07, 6.45) is -1.91. The number of halogens is 1. The van der Waals surface area contributed by atoms with Crippen LogP contribution in [0.5, 0.6) is 0 Å². The van der Waals surface area contributed by atoms with Crippen LogP contribution in [0.25, 0.3) is 0 Å². The first-order chi connectivity index (χ1) is 9.28. The van der Waals surface area contributed by atoms with Crippen LogP contribution >= 0.6 is 11.1 Å². The van der Waals surface area contributed by atoms with E-state index in [9.17, 15) is 5.11 Å². The molecule has 21 heavy (non-hydrogen) atoms.